The number of carbonyl (C=O) groups excluding carboxylic acids is 1. The second kappa shape index (κ2) is 6.71. The van der Waals surface area contributed by atoms with E-state index >= 15 is 0 Å². The maximum atomic E-state index is 12.0. The van der Waals surface area contributed by atoms with Crippen LogP contribution in [0, 0.1) is 0 Å². The summed E-state index contributed by atoms with van der Waals surface area (Å²) in [5.41, 5.74) is 6.49. The zero-order valence-electron chi connectivity index (χ0n) is 11.4. The van der Waals surface area contributed by atoms with Crippen LogP contribution in [-0.2, 0) is 11.3 Å². The maximum absolute atomic E-state index is 12.0. The van der Waals surface area contributed by atoms with Crippen LogP contribution < -0.4 is 16.6 Å². The summed E-state index contributed by atoms with van der Waals surface area (Å²) >= 11 is 0. The molecule has 2 rings (SSSR count). The van der Waals surface area contributed by atoms with Gasteiger partial charge < -0.3 is 20.7 Å². The van der Waals surface area contributed by atoms with Gasteiger partial charge in [0.15, 0.2) is 0 Å². The van der Waals surface area contributed by atoms with Crippen LogP contribution in [0.5, 0.6) is 0 Å². The monoisotopic (exact) mass is 287 g/mol. The fourth-order valence-corrected chi connectivity index (χ4v) is 1.99. The van der Waals surface area contributed by atoms with Gasteiger partial charge in [-0.2, -0.15) is 0 Å². The summed E-state index contributed by atoms with van der Waals surface area (Å²) < 4.78 is 1.23. The number of aliphatic hydroxyl groups excluding tert-OH is 1. The summed E-state index contributed by atoms with van der Waals surface area (Å²) in [5, 5.41) is 12.1. The number of anilines is 1. The third-order valence-electron chi connectivity index (χ3n) is 3.04. The number of benzene rings is 1. The van der Waals surface area contributed by atoms with Crippen molar-refractivity contribution < 1.29 is 9.90 Å². The zero-order chi connectivity index (χ0) is 15.2. The summed E-state index contributed by atoms with van der Waals surface area (Å²) in [7, 11) is 0. The van der Waals surface area contributed by atoms with Gasteiger partial charge in [-0.05, 0) is 11.6 Å². The van der Waals surface area contributed by atoms with E-state index in [0.29, 0.717) is 5.69 Å². The van der Waals surface area contributed by atoms with Gasteiger partial charge in [-0.25, -0.2) is 0 Å². The average molecular weight is 287 g/mol. The number of carbonyl (C=O) groups is 1. The lowest BCUT2D eigenvalue weighted by molar-refractivity contribution is -0.122. The van der Waals surface area contributed by atoms with E-state index in [4.69, 9.17) is 5.73 Å². The van der Waals surface area contributed by atoms with Gasteiger partial charge in [-0.3, -0.25) is 9.59 Å². The summed E-state index contributed by atoms with van der Waals surface area (Å²) in [6, 6.07) is 11.4. The van der Waals surface area contributed by atoms with Crippen molar-refractivity contribution in [2.45, 2.75) is 12.6 Å². The molecule has 1 heterocycles. The number of aliphatic hydroxyl groups is 1. The number of hydrogen-bond acceptors (Lipinski definition) is 4. The van der Waals surface area contributed by atoms with Crippen molar-refractivity contribution >= 4 is 11.6 Å². The highest BCUT2D eigenvalue weighted by molar-refractivity contribution is 5.76. The number of pyridine rings is 1. The minimum absolute atomic E-state index is 0.146. The SMILES string of the molecule is Nc1ccc(=O)n(CC(=O)NC(CO)c2ccccc2)c1. The van der Waals surface area contributed by atoms with Crippen molar-refractivity contribution in [1.82, 2.24) is 9.88 Å². The van der Waals surface area contributed by atoms with E-state index in [1.807, 2.05) is 30.3 Å². The van der Waals surface area contributed by atoms with Crippen LogP contribution in [0.1, 0.15) is 11.6 Å². The molecular weight excluding hydrogens is 270 g/mol. The number of aromatic nitrogens is 1. The standard InChI is InChI=1S/C15H17N3O3/c16-12-6-7-15(21)18(8-12)9-14(20)17-13(10-19)11-4-2-1-3-5-11/h1-8,13,19H,9-10,16H2,(H,17,20). The van der Waals surface area contributed by atoms with E-state index in [1.165, 1.54) is 22.9 Å². The van der Waals surface area contributed by atoms with Gasteiger partial charge in [-0.15, -0.1) is 0 Å². The van der Waals surface area contributed by atoms with Crippen molar-refractivity contribution in [2.24, 2.45) is 0 Å². The minimum Gasteiger partial charge on any atom is -0.398 e. The Kier molecular flexibility index (Phi) is 4.73. The molecule has 0 saturated heterocycles. The molecule has 0 aliphatic heterocycles. The molecule has 4 N–H and O–H groups in total. The second-order valence-electron chi connectivity index (χ2n) is 4.64. The fraction of sp³-hybridized carbons (Fsp3) is 0.200. The Morgan fingerprint density at radius 2 is 1.95 bits per heavy atom. The Morgan fingerprint density at radius 1 is 1.24 bits per heavy atom. The summed E-state index contributed by atoms with van der Waals surface area (Å²) in [6.45, 7) is -0.366. The first kappa shape index (κ1) is 14.8. The van der Waals surface area contributed by atoms with Gasteiger partial charge in [0, 0.05) is 18.0 Å². The largest absolute Gasteiger partial charge is 0.398 e. The van der Waals surface area contributed by atoms with Crippen LogP contribution in [-0.4, -0.2) is 22.2 Å². The molecular formula is C15H17N3O3. The van der Waals surface area contributed by atoms with Crippen molar-refractivity contribution in [3.63, 3.8) is 0 Å². The maximum Gasteiger partial charge on any atom is 0.251 e. The van der Waals surface area contributed by atoms with Crippen LogP contribution in [0.15, 0.2) is 53.5 Å². The Morgan fingerprint density at radius 3 is 2.62 bits per heavy atom. The minimum atomic E-state index is -0.504. The second-order valence-corrected chi connectivity index (χ2v) is 4.64. The Balaban J connectivity index is 2.07. The van der Waals surface area contributed by atoms with Crippen LogP contribution in [0.25, 0.3) is 0 Å². The lowest BCUT2D eigenvalue weighted by Crippen LogP contribution is -2.35. The molecule has 110 valence electrons. The quantitative estimate of drug-likeness (QED) is 0.736. The Labute approximate surface area is 121 Å². The first-order chi connectivity index (χ1) is 10.1. The molecule has 1 aromatic heterocycles. The van der Waals surface area contributed by atoms with E-state index < -0.39 is 6.04 Å². The molecule has 21 heavy (non-hydrogen) atoms. The molecule has 0 saturated carbocycles. The Bertz CT molecular complexity index is 667. The molecule has 6 heteroatoms. The van der Waals surface area contributed by atoms with Crippen LogP contribution in [0.2, 0.25) is 0 Å². The van der Waals surface area contributed by atoms with Crippen molar-refractivity contribution in [1.29, 1.82) is 0 Å². The first-order valence-corrected chi connectivity index (χ1v) is 6.51. The van der Waals surface area contributed by atoms with E-state index in [-0.39, 0.29) is 24.6 Å². The number of hydrogen-bond donors (Lipinski definition) is 3. The van der Waals surface area contributed by atoms with Crippen molar-refractivity contribution in [3.8, 4) is 0 Å². The molecule has 6 nitrogen and oxygen atoms in total. The lowest BCUT2D eigenvalue weighted by Gasteiger charge is -2.17. The van der Waals surface area contributed by atoms with Crippen molar-refractivity contribution in [2.75, 3.05) is 12.3 Å². The van der Waals surface area contributed by atoms with E-state index in [0.717, 1.165) is 5.56 Å². The fourth-order valence-electron chi connectivity index (χ4n) is 1.99. The van der Waals surface area contributed by atoms with E-state index in [2.05, 4.69) is 5.32 Å². The summed E-state index contributed by atoms with van der Waals surface area (Å²) in [6.07, 6.45) is 1.42. The third kappa shape index (κ3) is 3.93. The predicted octanol–water partition coefficient (Wildman–Crippen LogP) is 0.280. The number of rotatable bonds is 5. The van der Waals surface area contributed by atoms with Crippen LogP contribution >= 0.6 is 0 Å². The van der Waals surface area contributed by atoms with Gasteiger partial charge >= 0.3 is 0 Å². The smallest absolute Gasteiger partial charge is 0.251 e. The zero-order valence-corrected chi connectivity index (χ0v) is 11.4. The highest BCUT2D eigenvalue weighted by atomic mass is 16.3. The topological polar surface area (TPSA) is 97.4 Å². The first-order valence-electron chi connectivity index (χ1n) is 6.51. The number of nitrogens with zero attached hydrogens (tertiary/aromatic N) is 1. The molecule has 1 atom stereocenters. The highest BCUT2D eigenvalue weighted by Crippen LogP contribution is 2.11. The van der Waals surface area contributed by atoms with Gasteiger partial charge in [0.05, 0.1) is 12.6 Å². The predicted molar refractivity (Wildman–Crippen MR) is 79.5 cm³/mol. The molecule has 0 bridgehead atoms. The number of amides is 1. The summed E-state index contributed by atoms with van der Waals surface area (Å²) in [5.74, 6) is -0.370. The average Bonchev–Trinajstić information content (AvgIpc) is 2.49. The third-order valence-corrected chi connectivity index (χ3v) is 3.04. The molecule has 0 aliphatic carbocycles. The van der Waals surface area contributed by atoms with E-state index in [9.17, 15) is 14.7 Å². The molecule has 0 radical (unpaired) electrons. The number of nitrogens with one attached hydrogen (secondary N) is 1. The van der Waals surface area contributed by atoms with Crippen LogP contribution in [0.4, 0.5) is 5.69 Å². The van der Waals surface area contributed by atoms with Gasteiger partial charge in [0.25, 0.3) is 5.56 Å². The van der Waals surface area contributed by atoms with Crippen LogP contribution in [0.3, 0.4) is 0 Å². The molecule has 1 aromatic carbocycles. The van der Waals surface area contributed by atoms with Gasteiger partial charge in [-0.1, -0.05) is 30.3 Å². The number of nitrogens with two attached hydrogens (primary N) is 1. The molecule has 1 amide bonds. The van der Waals surface area contributed by atoms with Gasteiger partial charge in [0.1, 0.15) is 6.54 Å². The highest BCUT2D eigenvalue weighted by Gasteiger charge is 2.13. The molecule has 0 aliphatic rings. The Hall–Kier alpha value is -2.60. The normalized spacial score (nSPS) is 11.9. The van der Waals surface area contributed by atoms with Crippen molar-refractivity contribution in [3.05, 3.63) is 64.6 Å². The lowest BCUT2D eigenvalue weighted by atomic mass is 10.1. The molecule has 1 unspecified atom stereocenters. The molecule has 0 spiro atoms. The molecule has 2 aromatic rings. The summed E-state index contributed by atoms with van der Waals surface area (Å²) in [4.78, 5) is 23.6. The van der Waals surface area contributed by atoms with Gasteiger partial charge in [0.2, 0.25) is 5.91 Å². The number of nitrogen functional groups attached to an aromatic ring is 1. The van der Waals surface area contributed by atoms with E-state index in [1.54, 1.807) is 0 Å². The molecule has 0 fully saturated rings.